The number of carbonyl (C=O) groups is 2. The van der Waals surface area contributed by atoms with Crippen LogP contribution in [-0.4, -0.2) is 16.8 Å². The van der Waals surface area contributed by atoms with Crippen molar-refractivity contribution >= 4 is 23.2 Å². The van der Waals surface area contributed by atoms with E-state index >= 15 is 0 Å². The van der Waals surface area contributed by atoms with Gasteiger partial charge in [0.2, 0.25) is 0 Å². The summed E-state index contributed by atoms with van der Waals surface area (Å²) in [5.74, 6) is -0.716. The number of hydrogen-bond acceptors (Lipinski definition) is 3. The van der Waals surface area contributed by atoms with Crippen LogP contribution in [0.1, 0.15) is 39.0 Å². The molecule has 0 spiro atoms. The first-order chi connectivity index (χ1) is 13.0. The lowest BCUT2D eigenvalue weighted by atomic mass is 10.1. The molecule has 0 saturated carbocycles. The third kappa shape index (κ3) is 4.79. The number of aromatic nitrogens is 1. The van der Waals surface area contributed by atoms with Crippen LogP contribution in [0.15, 0.2) is 66.7 Å². The number of amides is 2. The van der Waals surface area contributed by atoms with Gasteiger partial charge in [0.25, 0.3) is 11.8 Å². The Morgan fingerprint density at radius 2 is 1.41 bits per heavy atom. The van der Waals surface area contributed by atoms with Gasteiger partial charge in [0.05, 0.1) is 0 Å². The second-order valence-electron chi connectivity index (χ2n) is 6.24. The minimum atomic E-state index is -0.359. The molecule has 2 N–H and O–H groups in total. The monoisotopic (exact) mass is 359 g/mol. The molecule has 0 unspecified atom stereocenters. The maximum atomic E-state index is 12.4. The minimum absolute atomic E-state index is 0.186. The van der Waals surface area contributed by atoms with E-state index in [1.54, 1.807) is 24.3 Å². The van der Waals surface area contributed by atoms with Crippen molar-refractivity contribution in [3.8, 4) is 0 Å². The van der Waals surface area contributed by atoms with E-state index in [1.165, 1.54) is 5.56 Å². The summed E-state index contributed by atoms with van der Waals surface area (Å²) in [6, 6.07) is 19.9. The Kier molecular flexibility index (Phi) is 5.61. The maximum Gasteiger partial charge on any atom is 0.274 e. The summed E-state index contributed by atoms with van der Waals surface area (Å²) in [5, 5.41) is 5.59. The molecule has 3 rings (SSSR count). The first-order valence-corrected chi connectivity index (χ1v) is 8.80. The van der Waals surface area contributed by atoms with Crippen molar-refractivity contribution in [2.45, 2.75) is 20.3 Å². The van der Waals surface area contributed by atoms with Crippen molar-refractivity contribution in [2.75, 3.05) is 10.6 Å². The number of benzene rings is 2. The van der Waals surface area contributed by atoms with Crippen LogP contribution in [0.5, 0.6) is 0 Å². The second-order valence-corrected chi connectivity index (χ2v) is 6.24. The Balaban J connectivity index is 1.71. The van der Waals surface area contributed by atoms with E-state index in [1.807, 2.05) is 49.4 Å². The molecule has 0 fully saturated rings. The topological polar surface area (TPSA) is 71.1 Å². The van der Waals surface area contributed by atoms with E-state index in [-0.39, 0.29) is 23.2 Å². The summed E-state index contributed by atoms with van der Waals surface area (Å²) < 4.78 is 0. The molecule has 1 heterocycles. The summed E-state index contributed by atoms with van der Waals surface area (Å²) in [4.78, 5) is 29.1. The Morgan fingerprint density at radius 1 is 0.815 bits per heavy atom. The number of nitrogens with one attached hydrogen (secondary N) is 2. The molecule has 0 aliphatic heterocycles. The standard InChI is InChI=1S/C22H21N3O2/c1-3-16-10-12-17(13-11-16)23-21(26)19-8-5-9-20(25-19)22(27)24-18-7-4-6-15(2)14-18/h4-14H,3H2,1-2H3,(H,23,26)(H,24,27). The molecule has 0 atom stereocenters. The largest absolute Gasteiger partial charge is 0.321 e. The molecule has 0 aliphatic carbocycles. The summed E-state index contributed by atoms with van der Waals surface area (Å²) in [6.45, 7) is 4.02. The van der Waals surface area contributed by atoms with Crippen molar-refractivity contribution in [1.82, 2.24) is 4.98 Å². The molecule has 5 nitrogen and oxygen atoms in total. The predicted octanol–water partition coefficient (Wildman–Crippen LogP) is 4.46. The highest BCUT2D eigenvalue weighted by Gasteiger charge is 2.13. The Morgan fingerprint density at radius 3 is 2.00 bits per heavy atom. The number of hydrogen-bond donors (Lipinski definition) is 2. The van der Waals surface area contributed by atoms with Gasteiger partial charge in [-0.15, -0.1) is 0 Å². The number of carbonyl (C=O) groups excluding carboxylic acids is 2. The van der Waals surface area contributed by atoms with Gasteiger partial charge in [0.15, 0.2) is 0 Å². The molecule has 0 aliphatic rings. The smallest absolute Gasteiger partial charge is 0.274 e. The molecule has 0 bridgehead atoms. The highest BCUT2D eigenvalue weighted by molar-refractivity contribution is 6.06. The number of pyridine rings is 1. The highest BCUT2D eigenvalue weighted by Crippen LogP contribution is 2.13. The van der Waals surface area contributed by atoms with Gasteiger partial charge in [-0.2, -0.15) is 0 Å². The third-order valence-electron chi connectivity index (χ3n) is 4.11. The molecule has 1 aromatic heterocycles. The van der Waals surface area contributed by atoms with Gasteiger partial charge in [-0.1, -0.05) is 37.3 Å². The van der Waals surface area contributed by atoms with Crippen LogP contribution in [-0.2, 0) is 6.42 Å². The third-order valence-corrected chi connectivity index (χ3v) is 4.11. The lowest BCUT2D eigenvalue weighted by molar-refractivity contribution is 0.101. The fourth-order valence-corrected chi connectivity index (χ4v) is 2.62. The van der Waals surface area contributed by atoms with Crippen LogP contribution in [0.25, 0.3) is 0 Å². The maximum absolute atomic E-state index is 12.4. The van der Waals surface area contributed by atoms with E-state index in [0.29, 0.717) is 11.4 Å². The first kappa shape index (κ1) is 18.3. The van der Waals surface area contributed by atoms with Gasteiger partial charge in [-0.25, -0.2) is 4.98 Å². The average Bonchev–Trinajstić information content (AvgIpc) is 2.68. The van der Waals surface area contributed by atoms with Crippen molar-refractivity contribution in [2.24, 2.45) is 0 Å². The van der Waals surface area contributed by atoms with Crippen molar-refractivity contribution < 1.29 is 9.59 Å². The van der Waals surface area contributed by atoms with E-state index in [4.69, 9.17) is 0 Å². The Labute approximate surface area is 158 Å². The molecule has 0 radical (unpaired) electrons. The predicted molar refractivity (Wildman–Crippen MR) is 107 cm³/mol. The molecule has 136 valence electrons. The molecule has 2 amide bonds. The summed E-state index contributed by atoms with van der Waals surface area (Å²) in [5.41, 5.74) is 3.99. The molecule has 2 aromatic carbocycles. The highest BCUT2D eigenvalue weighted by atomic mass is 16.2. The van der Waals surface area contributed by atoms with Gasteiger partial charge in [-0.3, -0.25) is 9.59 Å². The van der Waals surface area contributed by atoms with E-state index in [9.17, 15) is 9.59 Å². The Hall–Kier alpha value is -3.47. The van der Waals surface area contributed by atoms with Crippen LogP contribution >= 0.6 is 0 Å². The second kappa shape index (κ2) is 8.27. The van der Waals surface area contributed by atoms with Crippen LogP contribution < -0.4 is 10.6 Å². The van der Waals surface area contributed by atoms with Gasteiger partial charge < -0.3 is 10.6 Å². The number of aryl methyl sites for hydroxylation is 2. The van der Waals surface area contributed by atoms with E-state index in [2.05, 4.69) is 22.5 Å². The van der Waals surface area contributed by atoms with Gasteiger partial charge >= 0.3 is 0 Å². The fourth-order valence-electron chi connectivity index (χ4n) is 2.62. The normalized spacial score (nSPS) is 10.3. The zero-order chi connectivity index (χ0) is 19.2. The molecular weight excluding hydrogens is 338 g/mol. The average molecular weight is 359 g/mol. The number of nitrogens with zero attached hydrogens (tertiary/aromatic N) is 1. The summed E-state index contributed by atoms with van der Waals surface area (Å²) >= 11 is 0. The number of anilines is 2. The Bertz CT molecular complexity index is 965. The molecule has 5 heteroatoms. The van der Waals surface area contributed by atoms with Gasteiger partial charge in [0.1, 0.15) is 11.4 Å². The zero-order valence-electron chi connectivity index (χ0n) is 15.3. The minimum Gasteiger partial charge on any atom is -0.321 e. The molecule has 0 saturated heterocycles. The van der Waals surface area contributed by atoms with Crippen molar-refractivity contribution in [3.63, 3.8) is 0 Å². The summed E-state index contributed by atoms with van der Waals surface area (Å²) in [7, 11) is 0. The van der Waals surface area contributed by atoms with Crippen LogP contribution in [0.4, 0.5) is 11.4 Å². The number of rotatable bonds is 5. The van der Waals surface area contributed by atoms with E-state index < -0.39 is 0 Å². The SMILES string of the molecule is CCc1ccc(NC(=O)c2cccc(C(=O)Nc3cccc(C)c3)n2)cc1. The van der Waals surface area contributed by atoms with Gasteiger partial charge in [0, 0.05) is 11.4 Å². The van der Waals surface area contributed by atoms with Crippen LogP contribution in [0, 0.1) is 6.92 Å². The molecule has 27 heavy (non-hydrogen) atoms. The lowest BCUT2D eigenvalue weighted by Crippen LogP contribution is -2.18. The van der Waals surface area contributed by atoms with Crippen molar-refractivity contribution in [3.05, 3.63) is 89.2 Å². The summed E-state index contributed by atoms with van der Waals surface area (Å²) in [6.07, 6.45) is 0.938. The zero-order valence-corrected chi connectivity index (χ0v) is 15.3. The van der Waals surface area contributed by atoms with Crippen LogP contribution in [0.2, 0.25) is 0 Å². The first-order valence-electron chi connectivity index (χ1n) is 8.80. The van der Waals surface area contributed by atoms with Crippen molar-refractivity contribution in [1.29, 1.82) is 0 Å². The van der Waals surface area contributed by atoms with Gasteiger partial charge in [-0.05, 0) is 60.9 Å². The van der Waals surface area contributed by atoms with E-state index in [0.717, 1.165) is 12.0 Å². The fraction of sp³-hybridized carbons (Fsp3) is 0.136. The van der Waals surface area contributed by atoms with Crippen LogP contribution in [0.3, 0.4) is 0 Å². The lowest BCUT2D eigenvalue weighted by Gasteiger charge is -2.08. The molecular formula is C22H21N3O2. The molecule has 3 aromatic rings. The quantitative estimate of drug-likeness (QED) is 0.707.